The summed E-state index contributed by atoms with van der Waals surface area (Å²) in [6.45, 7) is 3.81. The molecule has 0 aliphatic carbocycles. The fourth-order valence-electron chi connectivity index (χ4n) is 2.75. The maximum Gasteiger partial charge on any atom is 0.269 e. The Morgan fingerprint density at radius 3 is 2.71 bits per heavy atom. The number of nitro groups is 1. The van der Waals surface area contributed by atoms with Crippen LogP contribution in [0.4, 0.5) is 5.69 Å². The molecule has 1 aliphatic rings. The Kier molecular flexibility index (Phi) is 4.28. The summed E-state index contributed by atoms with van der Waals surface area (Å²) in [6.07, 6.45) is 0. The molecule has 1 aromatic carbocycles. The monoisotopic (exact) mass is 303 g/mol. The van der Waals surface area contributed by atoms with Crippen molar-refractivity contribution in [2.75, 3.05) is 26.2 Å². The molecular formula is C15H17N3O2S. The van der Waals surface area contributed by atoms with Crippen molar-refractivity contribution in [3.63, 3.8) is 0 Å². The third kappa shape index (κ3) is 3.12. The largest absolute Gasteiger partial charge is 0.314 e. The highest BCUT2D eigenvalue weighted by molar-refractivity contribution is 7.10. The van der Waals surface area contributed by atoms with Crippen LogP contribution in [-0.2, 0) is 0 Å². The summed E-state index contributed by atoms with van der Waals surface area (Å²) >= 11 is 1.70. The number of nitrogens with one attached hydrogen (secondary N) is 1. The Morgan fingerprint density at radius 2 is 2.05 bits per heavy atom. The van der Waals surface area contributed by atoms with Gasteiger partial charge in [0.15, 0.2) is 0 Å². The standard InChI is InChI=1S/C15H17N3O2S/c19-18(20)13-4-1-3-12(11-13)15(14-5-2-10-21-14)17-8-6-16-7-9-17/h1-5,10-11,15-16H,6-9H2/t15-/m0/s1. The molecule has 0 saturated carbocycles. The van der Waals surface area contributed by atoms with Crippen LogP contribution in [-0.4, -0.2) is 36.0 Å². The smallest absolute Gasteiger partial charge is 0.269 e. The van der Waals surface area contributed by atoms with Crippen LogP contribution in [0.5, 0.6) is 0 Å². The van der Waals surface area contributed by atoms with Crippen LogP contribution >= 0.6 is 11.3 Å². The maximum absolute atomic E-state index is 11.0. The summed E-state index contributed by atoms with van der Waals surface area (Å²) in [4.78, 5) is 14.3. The zero-order valence-electron chi connectivity index (χ0n) is 11.6. The molecule has 1 N–H and O–H groups in total. The lowest BCUT2D eigenvalue weighted by Crippen LogP contribution is -2.45. The molecule has 0 amide bonds. The van der Waals surface area contributed by atoms with Crippen molar-refractivity contribution in [3.8, 4) is 0 Å². The number of hydrogen-bond acceptors (Lipinski definition) is 5. The third-order valence-corrected chi connectivity index (χ3v) is 4.65. The van der Waals surface area contributed by atoms with Gasteiger partial charge in [0.05, 0.1) is 11.0 Å². The van der Waals surface area contributed by atoms with E-state index in [1.165, 1.54) is 4.88 Å². The second-order valence-electron chi connectivity index (χ2n) is 5.06. The zero-order chi connectivity index (χ0) is 14.7. The van der Waals surface area contributed by atoms with Crippen LogP contribution < -0.4 is 5.32 Å². The van der Waals surface area contributed by atoms with Crippen molar-refractivity contribution in [3.05, 3.63) is 62.3 Å². The second kappa shape index (κ2) is 6.34. The van der Waals surface area contributed by atoms with Crippen molar-refractivity contribution in [2.24, 2.45) is 0 Å². The van der Waals surface area contributed by atoms with E-state index in [-0.39, 0.29) is 16.7 Å². The summed E-state index contributed by atoms with van der Waals surface area (Å²) in [6, 6.07) is 11.3. The first-order valence-electron chi connectivity index (χ1n) is 6.98. The van der Waals surface area contributed by atoms with E-state index in [1.807, 2.05) is 12.1 Å². The highest BCUT2D eigenvalue weighted by Crippen LogP contribution is 2.33. The Hall–Kier alpha value is -1.76. The number of benzene rings is 1. The molecule has 0 unspecified atom stereocenters. The molecular weight excluding hydrogens is 286 g/mol. The van der Waals surface area contributed by atoms with Crippen LogP contribution in [0.3, 0.4) is 0 Å². The van der Waals surface area contributed by atoms with Gasteiger partial charge in [-0.15, -0.1) is 11.3 Å². The van der Waals surface area contributed by atoms with Gasteiger partial charge in [0.25, 0.3) is 5.69 Å². The highest BCUT2D eigenvalue weighted by atomic mass is 32.1. The number of thiophene rings is 1. The van der Waals surface area contributed by atoms with Crippen molar-refractivity contribution < 1.29 is 4.92 Å². The molecule has 2 aromatic rings. The summed E-state index contributed by atoms with van der Waals surface area (Å²) in [7, 11) is 0. The number of hydrogen-bond donors (Lipinski definition) is 1. The molecule has 0 radical (unpaired) electrons. The number of nitro benzene ring substituents is 1. The summed E-state index contributed by atoms with van der Waals surface area (Å²) in [5.74, 6) is 0. The predicted molar refractivity (Wildman–Crippen MR) is 83.7 cm³/mol. The van der Waals surface area contributed by atoms with Gasteiger partial charge in [-0.05, 0) is 17.0 Å². The highest BCUT2D eigenvalue weighted by Gasteiger charge is 2.25. The van der Waals surface area contributed by atoms with Gasteiger partial charge in [0, 0.05) is 43.2 Å². The quantitative estimate of drug-likeness (QED) is 0.697. The fraction of sp³-hybridized carbons (Fsp3) is 0.333. The molecule has 2 heterocycles. The van der Waals surface area contributed by atoms with Gasteiger partial charge in [-0.1, -0.05) is 18.2 Å². The van der Waals surface area contributed by atoms with Gasteiger partial charge in [0.1, 0.15) is 0 Å². The van der Waals surface area contributed by atoms with Gasteiger partial charge in [-0.2, -0.15) is 0 Å². The molecule has 3 rings (SSSR count). The molecule has 1 atom stereocenters. The molecule has 6 heteroatoms. The fourth-order valence-corrected chi connectivity index (χ4v) is 3.64. The topological polar surface area (TPSA) is 58.4 Å². The second-order valence-corrected chi connectivity index (χ2v) is 6.04. The molecule has 21 heavy (non-hydrogen) atoms. The SMILES string of the molecule is O=[N+]([O-])c1cccc([C@@H](c2cccs2)N2CCNCC2)c1. The molecule has 1 fully saturated rings. The van der Waals surface area contributed by atoms with Gasteiger partial charge < -0.3 is 5.32 Å². The van der Waals surface area contributed by atoms with Gasteiger partial charge in [-0.3, -0.25) is 15.0 Å². The molecule has 1 saturated heterocycles. The van der Waals surface area contributed by atoms with E-state index in [0.29, 0.717) is 0 Å². The lowest BCUT2D eigenvalue weighted by Gasteiger charge is -2.34. The summed E-state index contributed by atoms with van der Waals surface area (Å²) in [5.41, 5.74) is 1.15. The van der Waals surface area contributed by atoms with E-state index in [4.69, 9.17) is 0 Å². The minimum absolute atomic E-state index is 0.104. The maximum atomic E-state index is 11.0. The number of non-ortho nitro benzene ring substituents is 1. The molecule has 0 bridgehead atoms. The van der Waals surface area contributed by atoms with Crippen molar-refractivity contribution >= 4 is 17.0 Å². The first kappa shape index (κ1) is 14.2. The summed E-state index contributed by atoms with van der Waals surface area (Å²) < 4.78 is 0. The van der Waals surface area contributed by atoms with E-state index in [1.54, 1.807) is 29.5 Å². The number of piperazine rings is 1. The average Bonchev–Trinajstić information content (AvgIpc) is 3.03. The first-order chi connectivity index (χ1) is 10.3. The van der Waals surface area contributed by atoms with Crippen LogP contribution in [0, 0.1) is 10.1 Å². The van der Waals surface area contributed by atoms with Crippen molar-refractivity contribution in [1.29, 1.82) is 0 Å². The Labute approximate surface area is 127 Å². The molecule has 1 aromatic heterocycles. The van der Waals surface area contributed by atoms with Gasteiger partial charge in [-0.25, -0.2) is 0 Å². The molecule has 110 valence electrons. The molecule has 5 nitrogen and oxygen atoms in total. The normalized spacial score (nSPS) is 17.5. The third-order valence-electron chi connectivity index (χ3n) is 3.73. The number of rotatable bonds is 4. The lowest BCUT2D eigenvalue weighted by atomic mass is 10.0. The first-order valence-corrected chi connectivity index (χ1v) is 7.86. The lowest BCUT2D eigenvalue weighted by molar-refractivity contribution is -0.384. The average molecular weight is 303 g/mol. The Morgan fingerprint density at radius 1 is 1.24 bits per heavy atom. The molecule has 0 spiro atoms. The van der Waals surface area contributed by atoms with E-state index in [2.05, 4.69) is 21.7 Å². The predicted octanol–water partition coefficient (Wildman–Crippen LogP) is 2.65. The van der Waals surface area contributed by atoms with Crippen LogP contribution in [0.25, 0.3) is 0 Å². The Balaban J connectivity index is 1.98. The van der Waals surface area contributed by atoms with E-state index in [9.17, 15) is 10.1 Å². The van der Waals surface area contributed by atoms with Crippen LogP contribution in [0.2, 0.25) is 0 Å². The van der Waals surface area contributed by atoms with E-state index in [0.717, 1.165) is 31.7 Å². The summed E-state index contributed by atoms with van der Waals surface area (Å²) in [5, 5.41) is 16.4. The minimum atomic E-state index is -0.327. The molecule has 1 aliphatic heterocycles. The van der Waals surface area contributed by atoms with E-state index >= 15 is 0 Å². The van der Waals surface area contributed by atoms with Crippen molar-refractivity contribution in [2.45, 2.75) is 6.04 Å². The van der Waals surface area contributed by atoms with Crippen molar-refractivity contribution in [1.82, 2.24) is 10.2 Å². The van der Waals surface area contributed by atoms with Gasteiger partial charge in [0.2, 0.25) is 0 Å². The zero-order valence-corrected chi connectivity index (χ0v) is 12.4. The number of nitrogens with zero attached hydrogens (tertiary/aromatic N) is 2. The minimum Gasteiger partial charge on any atom is -0.314 e. The van der Waals surface area contributed by atoms with Crippen LogP contribution in [0.1, 0.15) is 16.5 Å². The van der Waals surface area contributed by atoms with Gasteiger partial charge >= 0.3 is 0 Å². The van der Waals surface area contributed by atoms with Crippen LogP contribution in [0.15, 0.2) is 41.8 Å². The van der Waals surface area contributed by atoms with E-state index < -0.39 is 0 Å². The Bertz CT molecular complexity index is 609.